The molecule has 0 bridgehead atoms. The predicted octanol–water partition coefficient (Wildman–Crippen LogP) is 2.67. The molecule has 29 heavy (non-hydrogen) atoms. The van der Waals surface area contributed by atoms with Gasteiger partial charge in [-0.05, 0) is 25.8 Å². The van der Waals surface area contributed by atoms with E-state index in [1.807, 2.05) is 36.9 Å². The van der Waals surface area contributed by atoms with Gasteiger partial charge in [0.15, 0.2) is 5.96 Å². The van der Waals surface area contributed by atoms with E-state index < -0.39 is 0 Å². The van der Waals surface area contributed by atoms with E-state index in [0.717, 1.165) is 31.0 Å². The third-order valence-corrected chi connectivity index (χ3v) is 5.07. The number of nitrogens with zero attached hydrogens (tertiary/aromatic N) is 3. The van der Waals surface area contributed by atoms with Gasteiger partial charge in [0.2, 0.25) is 11.8 Å². The zero-order valence-corrected chi connectivity index (χ0v) is 19.6. The van der Waals surface area contributed by atoms with Gasteiger partial charge in [-0.15, -0.1) is 24.0 Å². The molecular weight excluding hydrogens is 481 g/mol. The first-order valence-electron chi connectivity index (χ1n) is 9.74. The van der Waals surface area contributed by atoms with Crippen molar-refractivity contribution in [2.24, 2.45) is 10.9 Å². The van der Waals surface area contributed by atoms with Gasteiger partial charge < -0.3 is 20.0 Å². The molecule has 3 rings (SSSR count). The second-order valence-corrected chi connectivity index (χ2v) is 7.20. The van der Waals surface area contributed by atoms with Gasteiger partial charge in [-0.25, -0.2) is 4.98 Å². The van der Waals surface area contributed by atoms with Crippen molar-refractivity contribution in [2.45, 2.75) is 33.2 Å². The third kappa shape index (κ3) is 6.73. The average molecular weight is 511 g/mol. The number of likely N-dealkylation sites (tertiary alicyclic amines) is 1. The zero-order valence-electron chi connectivity index (χ0n) is 17.3. The van der Waals surface area contributed by atoms with Crippen molar-refractivity contribution in [3.63, 3.8) is 0 Å². The quantitative estimate of drug-likeness (QED) is 0.340. The van der Waals surface area contributed by atoms with Crippen molar-refractivity contribution < 1.29 is 9.21 Å². The van der Waals surface area contributed by atoms with E-state index in [-0.39, 0.29) is 35.8 Å². The van der Waals surface area contributed by atoms with Crippen LogP contribution in [0.15, 0.2) is 39.7 Å². The number of nitrogens with one attached hydrogen (secondary N) is 2. The summed E-state index contributed by atoms with van der Waals surface area (Å²) in [7, 11) is 1.73. The maximum absolute atomic E-state index is 12.3. The number of carbonyl (C=O) groups excluding carboxylic acids is 1. The van der Waals surface area contributed by atoms with Crippen LogP contribution in [0.4, 0.5) is 0 Å². The summed E-state index contributed by atoms with van der Waals surface area (Å²) in [5.74, 6) is 2.68. The molecule has 8 heteroatoms. The second-order valence-electron chi connectivity index (χ2n) is 7.20. The summed E-state index contributed by atoms with van der Waals surface area (Å²) in [6, 6.07) is 10.3. The van der Waals surface area contributed by atoms with E-state index in [4.69, 9.17) is 4.42 Å². The first-order chi connectivity index (χ1) is 13.5. The molecule has 2 N–H and O–H groups in total. The molecular formula is C21H30IN5O2. The summed E-state index contributed by atoms with van der Waals surface area (Å²) in [5.41, 5.74) is 2.17. The van der Waals surface area contributed by atoms with E-state index in [1.165, 1.54) is 5.56 Å². The fourth-order valence-corrected chi connectivity index (χ4v) is 3.35. The maximum atomic E-state index is 12.3. The summed E-state index contributed by atoms with van der Waals surface area (Å²) in [6.45, 7) is 6.57. The van der Waals surface area contributed by atoms with Crippen molar-refractivity contribution >= 4 is 35.8 Å². The Morgan fingerprint density at radius 3 is 2.69 bits per heavy atom. The van der Waals surface area contributed by atoms with E-state index in [0.29, 0.717) is 31.4 Å². The van der Waals surface area contributed by atoms with Gasteiger partial charge in [-0.3, -0.25) is 9.79 Å². The molecule has 1 amide bonds. The minimum absolute atomic E-state index is 0. The molecule has 7 nitrogen and oxygen atoms in total. The Morgan fingerprint density at radius 2 is 2.03 bits per heavy atom. The van der Waals surface area contributed by atoms with Crippen molar-refractivity contribution in [3.8, 4) is 0 Å². The highest BCUT2D eigenvalue weighted by Crippen LogP contribution is 2.17. The molecule has 0 saturated carbocycles. The predicted molar refractivity (Wildman–Crippen MR) is 124 cm³/mol. The minimum atomic E-state index is 0. The topological polar surface area (TPSA) is 82.8 Å². The Balaban J connectivity index is 0.00000300. The fraction of sp³-hybridized carbons (Fsp3) is 0.476. The summed E-state index contributed by atoms with van der Waals surface area (Å²) in [5, 5.41) is 6.51. The number of benzene rings is 1. The lowest BCUT2D eigenvalue weighted by molar-refractivity contribution is -0.127. The van der Waals surface area contributed by atoms with Crippen molar-refractivity contribution in [1.29, 1.82) is 0 Å². The molecule has 2 heterocycles. The molecule has 1 unspecified atom stereocenters. The number of oxazole rings is 1. The van der Waals surface area contributed by atoms with Crippen LogP contribution in [0.2, 0.25) is 0 Å². The fourth-order valence-electron chi connectivity index (χ4n) is 3.35. The molecule has 158 valence electrons. The van der Waals surface area contributed by atoms with Crippen LogP contribution < -0.4 is 10.6 Å². The van der Waals surface area contributed by atoms with E-state index in [9.17, 15) is 4.79 Å². The van der Waals surface area contributed by atoms with Crippen LogP contribution in [-0.4, -0.2) is 48.4 Å². The molecule has 0 aliphatic carbocycles. The van der Waals surface area contributed by atoms with Crippen LogP contribution in [0.1, 0.15) is 29.3 Å². The maximum Gasteiger partial charge on any atom is 0.223 e. The highest BCUT2D eigenvalue weighted by Gasteiger charge is 2.29. The smallest absolute Gasteiger partial charge is 0.223 e. The number of rotatable bonds is 7. The van der Waals surface area contributed by atoms with E-state index >= 15 is 0 Å². The Bertz CT molecular complexity index is 802. The van der Waals surface area contributed by atoms with Crippen LogP contribution in [0, 0.1) is 19.8 Å². The highest BCUT2D eigenvalue weighted by molar-refractivity contribution is 14.0. The Morgan fingerprint density at radius 1 is 1.28 bits per heavy atom. The lowest BCUT2D eigenvalue weighted by Gasteiger charge is -2.17. The average Bonchev–Trinajstić information content (AvgIpc) is 3.22. The molecule has 2 aromatic rings. The molecule has 1 aliphatic heterocycles. The number of aliphatic imine (C=N–C) groups is 1. The highest BCUT2D eigenvalue weighted by atomic mass is 127. The van der Waals surface area contributed by atoms with Crippen LogP contribution in [-0.2, 0) is 17.8 Å². The lowest BCUT2D eigenvalue weighted by atomic mass is 10.1. The SMILES string of the molecule is CN=C(NCc1nc(C)c(C)o1)NCC1CC(=O)N(CCc2ccccc2)C1.I. The third-order valence-electron chi connectivity index (χ3n) is 5.07. The number of aryl methyl sites for hydroxylation is 2. The normalized spacial score (nSPS) is 16.7. The Kier molecular flexibility index (Phi) is 8.94. The number of guanidine groups is 1. The number of hydrogen-bond acceptors (Lipinski definition) is 4. The summed E-state index contributed by atoms with van der Waals surface area (Å²) in [6.07, 6.45) is 1.47. The zero-order chi connectivity index (χ0) is 19.9. The number of aromatic nitrogens is 1. The van der Waals surface area contributed by atoms with Gasteiger partial charge in [0.25, 0.3) is 0 Å². The molecule has 1 aromatic heterocycles. The van der Waals surface area contributed by atoms with Crippen molar-refractivity contribution in [1.82, 2.24) is 20.5 Å². The van der Waals surface area contributed by atoms with Gasteiger partial charge in [-0.2, -0.15) is 0 Å². The molecule has 0 radical (unpaired) electrons. The standard InChI is InChI=1S/C21H29N5O2.HI/c1-15-16(2)28-19(25-15)13-24-21(22-3)23-12-18-11-20(27)26(14-18)10-9-17-7-5-4-6-8-17;/h4-8,18H,9-14H2,1-3H3,(H2,22,23,24);1H. The largest absolute Gasteiger partial charge is 0.444 e. The molecule has 1 fully saturated rings. The summed E-state index contributed by atoms with van der Waals surface area (Å²) >= 11 is 0. The summed E-state index contributed by atoms with van der Waals surface area (Å²) < 4.78 is 5.57. The van der Waals surface area contributed by atoms with E-state index in [2.05, 4.69) is 32.7 Å². The van der Waals surface area contributed by atoms with Gasteiger partial charge in [0.1, 0.15) is 5.76 Å². The molecule has 1 aromatic carbocycles. The molecule has 1 aliphatic rings. The van der Waals surface area contributed by atoms with Crippen molar-refractivity contribution in [3.05, 3.63) is 53.2 Å². The lowest BCUT2D eigenvalue weighted by Crippen LogP contribution is -2.40. The van der Waals surface area contributed by atoms with Crippen LogP contribution in [0.3, 0.4) is 0 Å². The van der Waals surface area contributed by atoms with Gasteiger partial charge >= 0.3 is 0 Å². The van der Waals surface area contributed by atoms with Crippen LogP contribution in [0.5, 0.6) is 0 Å². The second kappa shape index (κ2) is 11.2. The Hall–Kier alpha value is -2.10. The summed E-state index contributed by atoms with van der Waals surface area (Å²) in [4.78, 5) is 22.9. The van der Waals surface area contributed by atoms with Crippen molar-refractivity contribution in [2.75, 3.05) is 26.7 Å². The number of carbonyl (C=O) groups is 1. The monoisotopic (exact) mass is 511 g/mol. The molecule has 1 atom stereocenters. The minimum Gasteiger partial charge on any atom is -0.444 e. The molecule has 0 spiro atoms. The van der Waals surface area contributed by atoms with Crippen LogP contribution in [0.25, 0.3) is 0 Å². The number of amides is 1. The first kappa shape index (κ1) is 23.2. The Labute approximate surface area is 189 Å². The van der Waals surface area contributed by atoms with Gasteiger partial charge in [-0.1, -0.05) is 30.3 Å². The van der Waals surface area contributed by atoms with Crippen LogP contribution >= 0.6 is 24.0 Å². The van der Waals surface area contributed by atoms with Gasteiger partial charge in [0.05, 0.1) is 12.2 Å². The van der Waals surface area contributed by atoms with E-state index in [1.54, 1.807) is 7.05 Å². The molecule has 1 saturated heterocycles. The van der Waals surface area contributed by atoms with Gasteiger partial charge in [0, 0.05) is 39.0 Å². The number of hydrogen-bond donors (Lipinski definition) is 2. The number of halogens is 1. The first-order valence-corrected chi connectivity index (χ1v) is 9.74.